The lowest BCUT2D eigenvalue weighted by atomic mass is 10.1. The maximum absolute atomic E-state index is 3.66. The van der Waals surface area contributed by atoms with E-state index in [0.29, 0.717) is 0 Å². The summed E-state index contributed by atoms with van der Waals surface area (Å²) in [5.41, 5.74) is 0. The maximum Gasteiger partial charge on any atom is 0.0195 e. The molecule has 1 heterocycles. The molecule has 2 heteroatoms. The molecule has 1 N–H and O–H groups in total. The highest BCUT2D eigenvalue weighted by Gasteiger charge is 2.24. The van der Waals surface area contributed by atoms with Gasteiger partial charge in [-0.3, -0.25) is 0 Å². The van der Waals surface area contributed by atoms with Crippen molar-refractivity contribution in [1.82, 2.24) is 10.2 Å². The van der Waals surface area contributed by atoms with Crippen LogP contribution < -0.4 is 5.32 Å². The summed E-state index contributed by atoms with van der Waals surface area (Å²) in [6.07, 6.45) is 8.52. The van der Waals surface area contributed by atoms with E-state index in [-0.39, 0.29) is 0 Å². The van der Waals surface area contributed by atoms with Crippen LogP contribution in [0.25, 0.3) is 0 Å². The molecule has 0 amide bonds. The van der Waals surface area contributed by atoms with Crippen LogP contribution in [-0.2, 0) is 0 Å². The van der Waals surface area contributed by atoms with Crippen LogP contribution in [0.2, 0.25) is 0 Å². The van der Waals surface area contributed by atoms with Gasteiger partial charge in [0.2, 0.25) is 0 Å². The van der Waals surface area contributed by atoms with E-state index in [0.717, 1.165) is 12.0 Å². The second-order valence-corrected chi connectivity index (χ2v) is 5.33. The molecule has 1 saturated heterocycles. The van der Waals surface area contributed by atoms with E-state index in [2.05, 4.69) is 17.1 Å². The fourth-order valence-corrected chi connectivity index (χ4v) is 2.55. The highest BCUT2D eigenvalue weighted by Crippen LogP contribution is 2.32. The van der Waals surface area contributed by atoms with E-state index in [1.807, 2.05) is 0 Å². The summed E-state index contributed by atoms with van der Waals surface area (Å²) >= 11 is 0. The minimum Gasteiger partial charge on any atom is -0.313 e. The fraction of sp³-hybridized carbons (Fsp3) is 1.00. The lowest BCUT2D eigenvalue weighted by molar-refractivity contribution is 0.186. The monoisotopic (exact) mass is 210 g/mol. The number of hydrogen-bond acceptors (Lipinski definition) is 2. The summed E-state index contributed by atoms with van der Waals surface area (Å²) in [6, 6.07) is 0.776. The molecule has 0 spiro atoms. The predicted octanol–water partition coefficient (Wildman–Crippen LogP) is 2.25. The van der Waals surface area contributed by atoms with E-state index in [9.17, 15) is 0 Å². The number of rotatable bonds is 6. The van der Waals surface area contributed by atoms with E-state index in [1.165, 1.54) is 64.7 Å². The fourth-order valence-electron chi connectivity index (χ4n) is 2.55. The lowest BCUT2D eigenvalue weighted by Gasteiger charge is -2.33. The van der Waals surface area contributed by atoms with E-state index in [1.54, 1.807) is 0 Å². The zero-order valence-electron chi connectivity index (χ0n) is 10.2. The van der Waals surface area contributed by atoms with Crippen molar-refractivity contribution in [3.05, 3.63) is 0 Å². The average molecular weight is 210 g/mol. The topological polar surface area (TPSA) is 15.3 Å². The van der Waals surface area contributed by atoms with Crippen LogP contribution in [0.15, 0.2) is 0 Å². The van der Waals surface area contributed by atoms with Gasteiger partial charge < -0.3 is 10.2 Å². The van der Waals surface area contributed by atoms with Crippen LogP contribution >= 0.6 is 0 Å². The van der Waals surface area contributed by atoms with Crippen molar-refractivity contribution in [3.8, 4) is 0 Å². The molecule has 0 bridgehead atoms. The minimum absolute atomic E-state index is 0.776. The van der Waals surface area contributed by atoms with Gasteiger partial charge in [0.15, 0.2) is 0 Å². The van der Waals surface area contributed by atoms with Crippen molar-refractivity contribution in [2.24, 2.45) is 5.92 Å². The molecule has 1 aliphatic heterocycles. The average Bonchev–Trinajstić information content (AvgIpc) is 3.08. The van der Waals surface area contributed by atoms with Gasteiger partial charge in [-0.2, -0.15) is 0 Å². The summed E-state index contributed by atoms with van der Waals surface area (Å²) in [4.78, 5) is 2.68. The van der Waals surface area contributed by atoms with Gasteiger partial charge in [0.05, 0.1) is 0 Å². The van der Waals surface area contributed by atoms with Crippen molar-refractivity contribution in [3.63, 3.8) is 0 Å². The molecular weight excluding hydrogens is 184 g/mol. The van der Waals surface area contributed by atoms with Crippen molar-refractivity contribution in [2.45, 2.75) is 51.5 Å². The standard InChI is InChI=1S/C13H26N2/c1-2-8-14-13-4-3-9-15(11-13)10-7-12-5-6-12/h12-14H,2-11H2,1H3. The predicted molar refractivity (Wildman–Crippen MR) is 65.1 cm³/mol. The molecule has 1 saturated carbocycles. The second-order valence-electron chi connectivity index (χ2n) is 5.33. The maximum atomic E-state index is 3.66. The summed E-state index contributed by atoms with van der Waals surface area (Å²) < 4.78 is 0. The first-order chi connectivity index (χ1) is 7.38. The molecule has 2 aliphatic rings. The zero-order valence-corrected chi connectivity index (χ0v) is 10.2. The second kappa shape index (κ2) is 5.86. The van der Waals surface area contributed by atoms with Gasteiger partial charge in [0.1, 0.15) is 0 Å². The van der Waals surface area contributed by atoms with Crippen molar-refractivity contribution < 1.29 is 0 Å². The van der Waals surface area contributed by atoms with Crippen molar-refractivity contribution >= 4 is 0 Å². The number of nitrogens with zero attached hydrogens (tertiary/aromatic N) is 1. The van der Waals surface area contributed by atoms with Crippen LogP contribution in [-0.4, -0.2) is 37.1 Å². The Kier molecular flexibility index (Phi) is 4.45. The van der Waals surface area contributed by atoms with Crippen LogP contribution in [0.4, 0.5) is 0 Å². The summed E-state index contributed by atoms with van der Waals surface area (Å²) in [5, 5.41) is 3.66. The van der Waals surface area contributed by atoms with Crippen LogP contribution in [0, 0.1) is 5.92 Å². The van der Waals surface area contributed by atoms with Gasteiger partial charge in [-0.05, 0) is 51.2 Å². The third kappa shape index (κ3) is 4.12. The summed E-state index contributed by atoms with van der Waals surface area (Å²) in [7, 11) is 0. The SMILES string of the molecule is CCCNC1CCCN(CCC2CC2)C1. The molecule has 2 rings (SSSR count). The Labute approximate surface area is 94.4 Å². The Morgan fingerprint density at radius 2 is 2.13 bits per heavy atom. The minimum atomic E-state index is 0.776. The zero-order chi connectivity index (χ0) is 10.5. The number of likely N-dealkylation sites (tertiary alicyclic amines) is 1. The largest absolute Gasteiger partial charge is 0.313 e. The molecular formula is C13H26N2. The first-order valence-electron chi connectivity index (χ1n) is 6.84. The molecule has 88 valence electrons. The first kappa shape index (κ1) is 11.4. The molecule has 0 radical (unpaired) electrons. The van der Waals surface area contributed by atoms with Gasteiger partial charge in [-0.1, -0.05) is 19.8 Å². The molecule has 1 aliphatic carbocycles. The smallest absolute Gasteiger partial charge is 0.0195 e. The first-order valence-corrected chi connectivity index (χ1v) is 6.84. The Balaban J connectivity index is 1.61. The van der Waals surface area contributed by atoms with Gasteiger partial charge in [-0.15, -0.1) is 0 Å². The molecule has 0 aromatic carbocycles. The van der Waals surface area contributed by atoms with Gasteiger partial charge in [-0.25, -0.2) is 0 Å². The van der Waals surface area contributed by atoms with E-state index < -0.39 is 0 Å². The number of nitrogens with one attached hydrogen (secondary N) is 1. The lowest BCUT2D eigenvalue weighted by Crippen LogP contribution is -2.46. The summed E-state index contributed by atoms with van der Waals surface area (Å²) in [5.74, 6) is 1.09. The molecule has 15 heavy (non-hydrogen) atoms. The van der Waals surface area contributed by atoms with Crippen molar-refractivity contribution in [1.29, 1.82) is 0 Å². The highest BCUT2D eigenvalue weighted by molar-refractivity contribution is 4.80. The summed E-state index contributed by atoms with van der Waals surface area (Å²) in [6.45, 7) is 7.44. The molecule has 2 fully saturated rings. The number of piperidine rings is 1. The molecule has 0 aromatic rings. The highest BCUT2D eigenvalue weighted by atomic mass is 15.2. The Hall–Kier alpha value is -0.0800. The Morgan fingerprint density at radius 1 is 1.27 bits per heavy atom. The van der Waals surface area contributed by atoms with Gasteiger partial charge in [0.25, 0.3) is 0 Å². The Morgan fingerprint density at radius 3 is 2.87 bits per heavy atom. The van der Waals surface area contributed by atoms with Crippen LogP contribution in [0.3, 0.4) is 0 Å². The quantitative estimate of drug-likeness (QED) is 0.723. The third-order valence-corrected chi connectivity index (χ3v) is 3.74. The van der Waals surface area contributed by atoms with E-state index in [4.69, 9.17) is 0 Å². The normalized spacial score (nSPS) is 28.2. The van der Waals surface area contributed by atoms with Gasteiger partial charge >= 0.3 is 0 Å². The van der Waals surface area contributed by atoms with Gasteiger partial charge in [0, 0.05) is 12.6 Å². The third-order valence-electron chi connectivity index (χ3n) is 3.74. The number of hydrogen-bond donors (Lipinski definition) is 1. The Bertz CT molecular complexity index is 177. The molecule has 1 atom stereocenters. The van der Waals surface area contributed by atoms with Crippen molar-refractivity contribution in [2.75, 3.05) is 26.2 Å². The van der Waals surface area contributed by atoms with Crippen LogP contribution in [0.5, 0.6) is 0 Å². The molecule has 2 nitrogen and oxygen atoms in total. The van der Waals surface area contributed by atoms with E-state index >= 15 is 0 Å². The molecule has 0 aromatic heterocycles. The van der Waals surface area contributed by atoms with Crippen LogP contribution in [0.1, 0.15) is 45.4 Å². The molecule has 1 unspecified atom stereocenters.